The first-order chi connectivity index (χ1) is 13.9. The Kier molecular flexibility index (Phi) is 5.12. The molecule has 0 bridgehead atoms. The molecule has 0 atom stereocenters. The summed E-state index contributed by atoms with van der Waals surface area (Å²) < 4.78 is 3.34. The number of anilines is 1. The van der Waals surface area contributed by atoms with Gasteiger partial charge in [-0.15, -0.1) is 0 Å². The van der Waals surface area contributed by atoms with Crippen LogP contribution in [-0.2, 0) is 12.0 Å². The standard InChI is InChI=1S/C20H26N8O/c1-20(2,3)16-8-19(29)27(14-23-16)11-15-4-6-26(7-5-15)17-9-21-10-18(25-17)28-13-22-12-24-28/h8-10,12-15H,4-7,11H2,1-3H3. The van der Waals surface area contributed by atoms with Crippen molar-refractivity contribution in [2.75, 3.05) is 18.0 Å². The SMILES string of the molecule is CC(C)(C)c1cc(=O)n(CC2CCN(c3cncc(-n4cncn4)n3)CC2)cn1. The largest absolute Gasteiger partial charge is 0.355 e. The first-order valence-corrected chi connectivity index (χ1v) is 9.89. The molecule has 4 rings (SSSR count). The molecule has 152 valence electrons. The molecule has 0 aliphatic carbocycles. The summed E-state index contributed by atoms with van der Waals surface area (Å²) in [7, 11) is 0. The van der Waals surface area contributed by atoms with E-state index in [1.807, 2.05) is 0 Å². The molecule has 0 aromatic carbocycles. The quantitative estimate of drug-likeness (QED) is 0.666. The molecule has 29 heavy (non-hydrogen) atoms. The maximum absolute atomic E-state index is 12.5. The molecule has 4 heterocycles. The number of nitrogens with zero attached hydrogens (tertiary/aromatic N) is 8. The van der Waals surface area contributed by atoms with Gasteiger partial charge in [-0.25, -0.2) is 19.6 Å². The van der Waals surface area contributed by atoms with E-state index in [-0.39, 0.29) is 11.0 Å². The Bertz CT molecular complexity index is 1010. The van der Waals surface area contributed by atoms with Gasteiger partial charge in [0.2, 0.25) is 0 Å². The third-order valence-corrected chi connectivity index (χ3v) is 5.30. The molecule has 1 aliphatic rings. The molecule has 0 N–H and O–H groups in total. The minimum Gasteiger partial charge on any atom is -0.355 e. The van der Waals surface area contributed by atoms with Crippen LogP contribution in [0.15, 0.2) is 42.2 Å². The van der Waals surface area contributed by atoms with E-state index in [4.69, 9.17) is 0 Å². The fourth-order valence-corrected chi connectivity index (χ4v) is 3.53. The van der Waals surface area contributed by atoms with Gasteiger partial charge in [0.15, 0.2) is 5.82 Å². The highest BCUT2D eigenvalue weighted by Gasteiger charge is 2.22. The Hall–Kier alpha value is -3.10. The van der Waals surface area contributed by atoms with Gasteiger partial charge in [-0.2, -0.15) is 5.10 Å². The molecular formula is C20H26N8O. The summed E-state index contributed by atoms with van der Waals surface area (Å²) in [6, 6.07) is 1.67. The summed E-state index contributed by atoms with van der Waals surface area (Å²) in [5, 5.41) is 4.11. The van der Waals surface area contributed by atoms with Gasteiger partial charge in [-0.05, 0) is 18.8 Å². The summed E-state index contributed by atoms with van der Waals surface area (Å²) in [6.45, 7) is 8.65. The lowest BCUT2D eigenvalue weighted by molar-refractivity contribution is 0.349. The van der Waals surface area contributed by atoms with Gasteiger partial charge in [0.25, 0.3) is 5.56 Å². The lowest BCUT2D eigenvalue weighted by Gasteiger charge is -2.33. The van der Waals surface area contributed by atoms with Crippen LogP contribution in [0.5, 0.6) is 0 Å². The molecule has 0 radical (unpaired) electrons. The first kappa shape index (κ1) is 19.2. The van der Waals surface area contributed by atoms with Gasteiger partial charge in [0.05, 0.1) is 24.4 Å². The van der Waals surface area contributed by atoms with E-state index < -0.39 is 0 Å². The van der Waals surface area contributed by atoms with Crippen molar-refractivity contribution in [1.82, 2.24) is 34.3 Å². The predicted molar refractivity (Wildman–Crippen MR) is 109 cm³/mol. The van der Waals surface area contributed by atoms with Crippen LogP contribution in [0.2, 0.25) is 0 Å². The van der Waals surface area contributed by atoms with E-state index in [1.54, 1.807) is 40.4 Å². The third kappa shape index (κ3) is 4.33. The average Bonchev–Trinajstić information content (AvgIpc) is 3.24. The molecule has 0 amide bonds. The van der Waals surface area contributed by atoms with E-state index in [1.165, 1.54) is 6.33 Å². The zero-order valence-corrected chi connectivity index (χ0v) is 17.1. The second kappa shape index (κ2) is 7.73. The maximum Gasteiger partial charge on any atom is 0.253 e. The summed E-state index contributed by atoms with van der Waals surface area (Å²) >= 11 is 0. The van der Waals surface area contributed by atoms with Crippen molar-refractivity contribution in [3.63, 3.8) is 0 Å². The van der Waals surface area contributed by atoms with Crippen molar-refractivity contribution in [2.24, 2.45) is 5.92 Å². The Morgan fingerprint density at radius 1 is 1.07 bits per heavy atom. The van der Waals surface area contributed by atoms with Gasteiger partial charge < -0.3 is 4.90 Å². The Morgan fingerprint density at radius 2 is 1.83 bits per heavy atom. The van der Waals surface area contributed by atoms with Crippen LogP contribution in [0, 0.1) is 5.92 Å². The van der Waals surface area contributed by atoms with Gasteiger partial charge in [-0.3, -0.25) is 14.3 Å². The van der Waals surface area contributed by atoms with Gasteiger partial charge >= 0.3 is 0 Å². The number of aromatic nitrogens is 7. The van der Waals surface area contributed by atoms with Crippen molar-refractivity contribution in [2.45, 2.75) is 45.6 Å². The molecule has 1 aliphatic heterocycles. The van der Waals surface area contributed by atoms with Crippen LogP contribution in [-0.4, -0.2) is 47.4 Å². The third-order valence-electron chi connectivity index (χ3n) is 5.30. The number of hydrogen-bond acceptors (Lipinski definition) is 7. The average molecular weight is 394 g/mol. The van der Waals surface area contributed by atoms with E-state index in [0.29, 0.717) is 18.3 Å². The van der Waals surface area contributed by atoms with Crippen molar-refractivity contribution >= 4 is 5.82 Å². The van der Waals surface area contributed by atoms with Crippen molar-refractivity contribution in [1.29, 1.82) is 0 Å². The van der Waals surface area contributed by atoms with Crippen LogP contribution in [0.25, 0.3) is 5.82 Å². The van der Waals surface area contributed by atoms with Crippen LogP contribution < -0.4 is 10.5 Å². The van der Waals surface area contributed by atoms with Crippen LogP contribution in [0.4, 0.5) is 5.82 Å². The van der Waals surface area contributed by atoms with Crippen LogP contribution in [0.3, 0.4) is 0 Å². The summed E-state index contributed by atoms with van der Waals surface area (Å²) in [6.07, 6.45) is 10.2. The first-order valence-electron chi connectivity index (χ1n) is 9.89. The molecular weight excluding hydrogens is 368 g/mol. The number of piperidine rings is 1. The van der Waals surface area contributed by atoms with E-state index in [0.717, 1.165) is 37.4 Å². The molecule has 3 aromatic rings. The number of hydrogen-bond donors (Lipinski definition) is 0. The molecule has 3 aromatic heterocycles. The lowest BCUT2D eigenvalue weighted by Crippen LogP contribution is -2.37. The Balaban J connectivity index is 1.39. The van der Waals surface area contributed by atoms with Crippen molar-refractivity contribution in [3.8, 4) is 5.82 Å². The fraction of sp³-hybridized carbons (Fsp3) is 0.500. The van der Waals surface area contributed by atoms with E-state index in [2.05, 4.69) is 50.7 Å². The highest BCUT2D eigenvalue weighted by Crippen LogP contribution is 2.23. The summed E-state index contributed by atoms with van der Waals surface area (Å²) in [5.41, 5.74) is 0.740. The molecule has 0 spiro atoms. The highest BCUT2D eigenvalue weighted by molar-refractivity contribution is 5.39. The molecule has 9 heteroatoms. The second-order valence-corrected chi connectivity index (χ2v) is 8.52. The van der Waals surface area contributed by atoms with Crippen molar-refractivity contribution in [3.05, 3.63) is 53.5 Å². The minimum absolute atomic E-state index is 0.0266. The maximum atomic E-state index is 12.5. The summed E-state index contributed by atoms with van der Waals surface area (Å²) in [5.74, 6) is 1.93. The Labute approximate surface area is 169 Å². The van der Waals surface area contributed by atoms with Gasteiger partial charge in [-0.1, -0.05) is 20.8 Å². The smallest absolute Gasteiger partial charge is 0.253 e. The van der Waals surface area contributed by atoms with E-state index in [9.17, 15) is 4.79 Å². The van der Waals surface area contributed by atoms with E-state index >= 15 is 0 Å². The zero-order chi connectivity index (χ0) is 20.4. The molecule has 9 nitrogen and oxygen atoms in total. The van der Waals surface area contributed by atoms with Crippen LogP contribution >= 0.6 is 0 Å². The van der Waals surface area contributed by atoms with Crippen LogP contribution in [0.1, 0.15) is 39.3 Å². The van der Waals surface area contributed by atoms with Gasteiger partial charge in [0, 0.05) is 31.1 Å². The second-order valence-electron chi connectivity index (χ2n) is 8.52. The molecule has 0 unspecified atom stereocenters. The lowest BCUT2D eigenvalue weighted by atomic mass is 9.92. The number of rotatable bonds is 4. The van der Waals surface area contributed by atoms with Crippen molar-refractivity contribution < 1.29 is 0 Å². The molecule has 1 saturated heterocycles. The fourth-order valence-electron chi connectivity index (χ4n) is 3.53. The summed E-state index contributed by atoms with van der Waals surface area (Å²) in [4.78, 5) is 32.1. The normalized spacial score (nSPS) is 15.6. The monoisotopic (exact) mass is 394 g/mol. The molecule has 0 saturated carbocycles. The topological polar surface area (TPSA) is 94.6 Å². The van der Waals surface area contributed by atoms with Gasteiger partial charge in [0.1, 0.15) is 18.5 Å². The predicted octanol–water partition coefficient (Wildman–Crippen LogP) is 1.83. The highest BCUT2D eigenvalue weighted by atomic mass is 16.1. The Morgan fingerprint density at radius 3 is 2.48 bits per heavy atom. The zero-order valence-electron chi connectivity index (χ0n) is 17.1. The minimum atomic E-state index is -0.120. The molecule has 1 fully saturated rings.